The van der Waals surface area contributed by atoms with E-state index in [4.69, 9.17) is 0 Å². The third-order valence-corrected chi connectivity index (χ3v) is 5.36. The maximum Gasteiger partial charge on any atom is 0.293 e. The second-order valence-electron chi connectivity index (χ2n) is 6.32. The number of hydrogen-bond donors (Lipinski definition) is 0. The van der Waals surface area contributed by atoms with Gasteiger partial charge in [-0.15, -0.1) is 0 Å². The number of amides is 2. The zero-order valence-corrected chi connectivity index (χ0v) is 15.1. The van der Waals surface area contributed by atoms with E-state index in [2.05, 4.69) is 0 Å². The van der Waals surface area contributed by atoms with Crippen molar-refractivity contribution in [3.05, 3.63) is 88.3 Å². The van der Waals surface area contributed by atoms with Crippen LogP contribution in [-0.2, 0) is 11.3 Å². The van der Waals surface area contributed by atoms with E-state index in [0.29, 0.717) is 4.91 Å². The van der Waals surface area contributed by atoms with Crippen molar-refractivity contribution in [3.63, 3.8) is 0 Å². The minimum absolute atomic E-state index is 0.221. The van der Waals surface area contributed by atoms with Crippen molar-refractivity contribution >= 4 is 39.8 Å². The zero-order chi connectivity index (χ0) is 18.1. The largest absolute Gasteiger partial charge is 0.293 e. The van der Waals surface area contributed by atoms with Crippen LogP contribution in [0.4, 0.5) is 4.79 Å². The summed E-state index contributed by atoms with van der Waals surface area (Å²) in [6.45, 7) is 2.30. The number of hydrogen-bond acceptors (Lipinski definition) is 3. The lowest BCUT2D eigenvalue weighted by Crippen LogP contribution is -2.27. The van der Waals surface area contributed by atoms with Crippen molar-refractivity contribution < 1.29 is 9.59 Å². The Morgan fingerprint density at radius 3 is 2.46 bits per heavy atom. The van der Waals surface area contributed by atoms with Gasteiger partial charge in [-0.3, -0.25) is 14.5 Å². The number of rotatable bonds is 3. The molecule has 1 aliphatic heterocycles. The van der Waals surface area contributed by atoms with Gasteiger partial charge in [0, 0.05) is 0 Å². The van der Waals surface area contributed by atoms with Gasteiger partial charge < -0.3 is 0 Å². The van der Waals surface area contributed by atoms with Crippen molar-refractivity contribution in [1.29, 1.82) is 0 Å². The van der Waals surface area contributed by atoms with E-state index in [1.54, 1.807) is 6.08 Å². The minimum atomic E-state index is -0.228. The Kier molecular flexibility index (Phi) is 4.35. The Morgan fingerprint density at radius 2 is 1.65 bits per heavy atom. The van der Waals surface area contributed by atoms with E-state index in [-0.39, 0.29) is 17.7 Å². The van der Waals surface area contributed by atoms with Gasteiger partial charge in [-0.2, -0.15) is 0 Å². The van der Waals surface area contributed by atoms with Gasteiger partial charge in [0.05, 0.1) is 11.4 Å². The highest BCUT2D eigenvalue weighted by atomic mass is 32.2. The summed E-state index contributed by atoms with van der Waals surface area (Å²) in [6.07, 6.45) is 1.79. The van der Waals surface area contributed by atoms with Gasteiger partial charge in [0.15, 0.2) is 0 Å². The molecule has 2 amide bonds. The molecule has 0 bridgehead atoms. The molecule has 128 valence electrons. The van der Waals surface area contributed by atoms with Gasteiger partial charge in [0.2, 0.25) is 0 Å². The fourth-order valence-corrected chi connectivity index (χ4v) is 3.89. The second-order valence-corrected chi connectivity index (χ2v) is 7.31. The van der Waals surface area contributed by atoms with Crippen LogP contribution in [0.1, 0.15) is 16.7 Å². The second kappa shape index (κ2) is 6.81. The molecule has 0 unspecified atom stereocenters. The first kappa shape index (κ1) is 16.6. The average Bonchev–Trinajstić information content (AvgIpc) is 2.91. The van der Waals surface area contributed by atoms with Crippen LogP contribution in [0.5, 0.6) is 0 Å². The smallest absolute Gasteiger partial charge is 0.268 e. The maximum absolute atomic E-state index is 12.7. The summed E-state index contributed by atoms with van der Waals surface area (Å²) in [6, 6.07) is 21.8. The molecular weight excluding hydrogens is 342 g/mol. The lowest BCUT2D eigenvalue weighted by Gasteiger charge is -2.14. The molecule has 26 heavy (non-hydrogen) atoms. The molecular formula is C22H17NO2S. The van der Waals surface area contributed by atoms with Gasteiger partial charge in [-0.1, -0.05) is 72.3 Å². The highest BCUT2D eigenvalue weighted by Gasteiger charge is 2.35. The van der Waals surface area contributed by atoms with Crippen molar-refractivity contribution in [2.24, 2.45) is 0 Å². The lowest BCUT2D eigenvalue weighted by atomic mass is 10.0. The predicted molar refractivity (Wildman–Crippen MR) is 107 cm³/mol. The van der Waals surface area contributed by atoms with Gasteiger partial charge in [0.25, 0.3) is 11.1 Å². The third-order valence-electron chi connectivity index (χ3n) is 4.46. The Labute approximate surface area is 156 Å². The highest BCUT2D eigenvalue weighted by Crippen LogP contribution is 2.34. The number of fused-ring (bicyclic) bond motifs is 1. The number of carbonyl (C=O) groups is 2. The van der Waals surface area contributed by atoms with Crippen molar-refractivity contribution in [2.45, 2.75) is 13.5 Å². The van der Waals surface area contributed by atoms with Crippen LogP contribution in [0.3, 0.4) is 0 Å². The number of aryl methyl sites for hydroxylation is 1. The normalized spacial score (nSPS) is 16.0. The molecule has 4 rings (SSSR count). The summed E-state index contributed by atoms with van der Waals surface area (Å²) in [5.74, 6) is -0.228. The number of thioether (sulfide) groups is 1. The Bertz CT molecular complexity index is 1030. The zero-order valence-electron chi connectivity index (χ0n) is 14.3. The van der Waals surface area contributed by atoms with E-state index >= 15 is 0 Å². The van der Waals surface area contributed by atoms with E-state index in [9.17, 15) is 9.59 Å². The van der Waals surface area contributed by atoms with Crippen LogP contribution in [-0.4, -0.2) is 16.0 Å². The molecule has 4 heteroatoms. The summed E-state index contributed by atoms with van der Waals surface area (Å²) in [4.78, 5) is 26.9. The maximum atomic E-state index is 12.7. The molecule has 0 aromatic heterocycles. The van der Waals surface area contributed by atoms with Crippen molar-refractivity contribution in [3.8, 4) is 0 Å². The summed E-state index contributed by atoms with van der Waals surface area (Å²) in [7, 11) is 0. The summed E-state index contributed by atoms with van der Waals surface area (Å²) >= 11 is 1.00. The fourth-order valence-electron chi connectivity index (χ4n) is 3.05. The van der Waals surface area contributed by atoms with Crippen LogP contribution < -0.4 is 0 Å². The van der Waals surface area contributed by atoms with Crippen LogP contribution in [0, 0.1) is 6.92 Å². The Balaban J connectivity index is 1.62. The topological polar surface area (TPSA) is 37.4 Å². The first-order valence-electron chi connectivity index (χ1n) is 8.40. The van der Waals surface area contributed by atoms with Gasteiger partial charge in [-0.25, -0.2) is 0 Å². The quantitative estimate of drug-likeness (QED) is 0.589. The molecule has 1 saturated heterocycles. The first-order chi connectivity index (χ1) is 12.6. The van der Waals surface area contributed by atoms with Gasteiger partial charge in [0.1, 0.15) is 0 Å². The number of nitrogens with zero attached hydrogens (tertiary/aromatic N) is 1. The molecule has 3 nitrogen and oxygen atoms in total. The van der Waals surface area contributed by atoms with Crippen molar-refractivity contribution in [2.75, 3.05) is 0 Å². The summed E-state index contributed by atoms with van der Waals surface area (Å²) in [5.41, 5.74) is 3.06. The molecule has 0 radical (unpaired) electrons. The van der Waals surface area contributed by atoms with Crippen molar-refractivity contribution in [1.82, 2.24) is 4.90 Å². The van der Waals surface area contributed by atoms with Crippen LogP contribution in [0.25, 0.3) is 16.8 Å². The predicted octanol–water partition coefficient (Wildman–Crippen LogP) is 5.38. The van der Waals surface area contributed by atoms with Crippen LogP contribution in [0.2, 0.25) is 0 Å². The molecule has 0 saturated carbocycles. The Hall–Kier alpha value is -2.85. The number of carbonyl (C=O) groups excluding carboxylic acids is 2. The van der Waals surface area contributed by atoms with Gasteiger partial charge in [-0.05, 0) is 46.7 Å². The third kappa shape index (κ3) is 3.16. The lowest BCUT2D eigenvalue weighted by molar-refractivity contribution is -0.123. The molecule has 3 aromatic rings. The van der Waals surface area contributed by atoms with Crippen LogP contribution in [0.15, 0.2) is 71.6 Å². The molecule has 1 aliphatic rings. The molecule has 0 spiro atoms. The Morgan fingerprint density at radius 1 is 0.923 bits per heavy atom. The molecule has 0 N–H and O–H groups in total. The molecule has 0 aliphatic carbocycles. The van der Waals surface area contributed by atoms with Crippen LogP contribution >= 0.6 is 11.8 Å². The molecule has 1 fully saturated rings. The monoisotopic (exact) mass is 359 g/mol. The number of benzene rings is 3. The summed E-state index contributed by atoms with van der Waals surface area (Å²) < 4.78 is 0. The molecule has 1 heterocycles. The van der Waals surface area contributed by atoms with E-state index in [1.807, 2.05) is 73.7 Å². The summed E-state index contributed by atoms with van der Waals surface area (Å²) in [5, 5.41) is 1.95. The fraction of sp³-hybridized carbons (Fsp3) is 0.0909. The minimum Gasteiger partial charge on any atom is -0.268 e. The van der Waals surface area contributed by atoms with E-state index in [1.165, 1.54) is 4.90 Å². The van der Waals surface area contributed by atoms with E-state index in [0.717, 1.165) is 39.2 Å². The highest BCUT2D eigenvalue weighted by molar-refractivity contribution is 8.18. The van der Waals surface area contributed by atoms with Gasteiger partial charge >= 0.3 is 0 Å². The SMILES string of the molecule is Cc1ccc(/C=C2\SC(=O)N(Cc3cccc4ccccc34)C2=O)cc1. The average molecular weight is 359 g/mol. The standard InChI is InChI=1S/C22H17NO2S/c1-15-9-11-16(12-10-15)13-20-21(24)23(22(25)26-20)14-18-7-4-6-17-5-2-3-8-19(17)18/h2-13H,14H2,1H3/b20-13-. The number of imide groups is 1. The molecule has 0 atom stereocenters. The molecule has 3 aromatic carbocycles. The van der Waals surface area contributed by atoms with E-state index < -0.39 is 0 Å². The first-order valence-corrected chi connectivity index (χ1v) is 9.22.